The van der Waals surface area contributed by atoms with Crippen LogP contribution in [0, 0.1) is 0 Å². The molecule has 0 saturated heterocycles. The predicted octanol–water partition coefficient (Wildman–Crippen LogP) is 7.48. The molecular formula is C26H32ClNO6. The van der Waals surface area contributed by atoms with E-state index in [0.29, 0.717) is 29.4 Å². The highest BCUT2D eigenvalue weighted by molar-refractivity contribution is 6.30. The average Bonchev–Trinajstić information content (AvgIpc) is 2.65. The van der Waals surface area contributed by atoms with Crippen LogP contribution in [0.2, 0.25) is 5.02 Å². The molecule has 0 bridgehead atoms. The summed E-state index contributed by atoms with van der Waals surface area (Å²) in [5, 5.41) is 1.65. The summed E-state index contributed by atoms with van der Waals surface area (Å²) >= 11 is 5.94. The number of hydroxylamine groups is 2. The number of hydrogen-bond acceptors (Lipinski definition) is 6. The lowest BCUT2D eigenvalue weighted by molar-refractivity contribution is -0.169. The maximum Gasteiger partial charge on any atom is 0.534 e. The molecule has 0 atom stereocenters. The van der Waals surface area contributed by atoms with Gasteiger partial charge in [-0.05, 0) is 102 Å². The molecule has 0 aromatic heterocycles. The van der Waals surface area contributed by atoms with Gasteiger partial charge in [-0.15, -0.1) is 5.06 Å². The summed E-state index contributed by atoms with van der Waals surface area (Å²) in [6, 6.07) is 14.6. The number of benzene rings is 2. The maximum atomic E-state index is 12.8. The van der Waals surface area contributed by atoms with Gasteiger partial charge in [0, 0.05) is 5.02 Å². The zero-order valence-corrected chi connectivity index (χ0v) is 21.2. The summed E-state index contributed by atoms with van der Waals surface area (Å²) in [6.45, 7) is 10.4. The Morgan fingerprint density at radius 1 is 0.882 bits per heavy atom. The third-order valence-corrected chi connectivity index (χ3v) is 5.21. The van der Waals surface area contributed by atoms with Crippen molar-refractivity contribution in [1.29, 1.82) is 0 Å². The quantitative estimate of drug-likeness (QED) is 0.327. The van der Waals surface area contributed by atoms with E-state index in [-0.39, 0.29) is 12.0 Å². The third kappa shape index (κ3) is 7.55. The lowest BCUT2D eigenvalue weighted by Crippen LogP contribution is -2.50. The lowest BCUT2D eigenvalue weighted by atomic mass is 9.75. The minimum atomic E-state index is -0.944. The molecule has 0 unspecified atom stereocenters. The summed E-state index contributed by atoms with van der Waals surface area (Å²) in [6.07, 6.45) is -0.458. The van der Waals surface area contributed by atoms with Crippen molar-refractivity contribution in [3.8, 4) is 11.5 Å². The van der Waals surface area contributed by atoms with E-state index in [9.17, 15) is 9.59 Å². The van der Waals surface area contributed by atoms with E-state index < -0.39 is 23.5 Å². The molecule has 0 N–H and O–H groups in total. The van der Waals surface area contributed by atoms with Crippen LogP contribution in [0.25, 0.3) is 0 Å². The van der Waals surface area contributed by atoms with Crippen molar-refractivity contribution >= 4 is 23.8 Å². The van der Waals surface area contributed by atoms with Crippen LogP contribution in [0.1, 0.15) is 65.9 Å². The van der Waals surface area contributed by atoms with Crippen LogP contribution in [0.5, 0.6) is 11.5 Å². The molecule has 0 aliphatic heterocycles. The van der Waals surface area contributed by atoms with Gasteiger partial charge < -0.3 is 14.2 Å². The predicted molar refractivity (Wildman–Crippen MR) is 129 cm³/mol. The number of rotatable bonds is 4. The third-order valence-electron chi connectivity index (χ3n) is 4.96. The molecule has 1 aliphatic carbocycles. The number of nitrogens with zero attached hydrogens (tertiary/aromatic N) is 1. The van der Waals surface area contributed by atoms with Gasteiger partial charge in [0.2, 0.25) is 0 Å². The van der Waals surface area contributed by atoms with E-state index in [4.69, 9.17) is 30.6 Å². The van der Waals surface area contributed by atoms with E-state index >= 15 is 0 Å². The first-order chi connectivity index (χ1) is 15.8. The van der Waals surface area contributed by atoms with Crippen molar-refractivity contribution in [3.05, 3.63) is 59.1 Å². The second-order valence-electron chi connectivity index (χ2n) is 10.3. The normalized spacial score (nSPS) is 17.9. The van der Waals surface area contributed by atoms with E-state index in [1.165, 1.54) is 0 Å². The van der Waals surface area contributed by atoms with Crippen molar-refractivity contribution in [3.63, 3.8) is 0 Å². The van der Waals surface area contributed by atoms with Gasteiger partial charge in [0.05, 0.1) is 6.04 Å². The van der Waals surface area contributed by atoms with Crippen LogP contribution in [0.15, 0.2) is 48.5 Å². The van der Waals surface area contributed by atoms with Crippen LogP contribution in [0.3, 0.4) is 0 Å². The van der Waals surface area contributed by atoms with E-state index in [0.717, 1.165) is 10.6 Å². The number of carbonyl (C=O) groups excluding carboxylic acids is 2. The summed E-state index contributed by atoms with van der Waals surface area (Å²) < 4.78 is 16.6. The van der Waals surface area contributed by atoms with Crippen LogP contribution >= 0.6 is 11.6 Å². The van der Waals surface area contributed by atoms with E-state index in [2.05, 4.69) is 0 Å². The van der Waals surface area contributed by atoms with Crippen LogP contribution in [-0.4, -0.2) is 34.6 Å². The number of carbonyl (C=O) groups is 2. The van der Waals surface area contributed by atoms with Gasteiger partial charge in [0.15, 0.2) is 0 Å². The molecule has 34 heavy (non-hydrogen) atoms. The fourth-order valence-corrected chi connectivity index (χ4v) is 3.56. The largest absolute Gasteiger partial charge is 0.534 e. The number of halogens is 1. The number of amides is 1. The summed E-state index contributed by atoms with van der Waals surface area (Å²) in [5.74, 6) is 1.57. The van der Waals surface area contributed by atoms with Gasteiger partial charge in [-0.3, -0.25) is 4.84 Å². The minimum absolute atomic E-state index is 0.172. The van der Waals surface area contributed by atoms with Gasteiger partial charge in [0.1, 0.15) is 22.7 Å². The molecule has 1 aliphatic rings. The molecule has 1 saturated carbocycles. The van der Waals surface area contributed by atoms with E-state index in [1.807, 2.05) is 24.3 Å². The first-order valence-electron chi connectivity index (χ1n) is 11.3. The smallest absolute Gasteiger partial charge is 0.457 e. The van der Waals surface area contributed by atoms with Gasteiger partial charge in [-0.25, -0.2) is 9.59 Å². The Morgan fingerprint density at radius 3 is 2.09 bits per heavy atom. The van der Waals surface area contributed by atoms with Crippen molar-refractivity contribution in [2.24, 2.45) is 0 Å². The first kappa shape index (κ1) is 25.7. The molecular weight excluding hydrogens is 458 g/mol. The monoisotopic (exact) mass is 489 g/mol. The Labute approximate surface area is 205 Å². The van der Waals surface area contributed by atoms with Crippen LogP contribution in [0.4, 0.5) is 9.59 Å². The molecule has 7 nitrogen and oxygen atoms in total. The zero-order valence-electron chi connectivity index (χ0n) is 20.5. The Hall–Kier alpha value is -2.93. The Balaban J connectivity index is 1.67. The highest BCUT2D eigenvalue weighted by atomic mass is 35.5. The standard InChI is InChI=1S/C26H32ClNO6/c1-25(2,3)32-23(29)28(34-24(30)33-26(4,5)6)20-14-18(15-20)17-8-7-9-22(16-17)31-21-12-10-19(27)11-13-21/h7-13,16,18,20H,14-15H2,1-6H3/t18-,20-. The Bertz CT molecular complexity index is 1000. The van der Waals surface area contributed by atoms with Gasteiger partial charge in [0.25, 0.3) is 0 Å². The van der Waals surface area contributed by atoms with Gasteiger partial charge >= 0.3 is 12.2 Å². The van der Waals surface area contributed by atoms with E-state index in [1.54, 1.807) is 65.8 Å². The first-order valence-corrected chi connectivity index (χ1v) is 11.6. The van der Waals surface area contributed by atoms with Crippen molar-refractivity contribution in [2.75, 3.05) is 0 Å². The highest BCUT2D eigenvalue weighted by Gasteiger charge is 2.42. The summed E-state index contributed by atoms with van der Waals surface area (Å²) in [4.78, 5) is 30.3. The van der Waals surface area contributed by atoms with Crippen molar-refractivity contribution in [2.45, 2.75) is 77.5 Å². The number of hydrogen-bond donors (Lipinski definition) is 0. The topological polar surface area (TPSA) is 74.3 Å². The fourth-order valence-electron chi connectivity index (χ4n) is 3.44. The van der Waals surface area contributed by atoms with Crippen molar-refractivity contribution < 1.29 is 28.6 Å². The summed E-state index contributed by atoms with van der Waals surface area (Å²) in [5.41, 5.74) is -0.406. The van der Waals surface area contributed by atoms with Crippen molar-refractivity contribution in [1.82, 2.24) is 5.06 Å². The minimum Gasteiger partial charge on any atom is -0.457 e. The highest BCUT2D eigenvalue weighted by Crippen LogP contribution is 2.41. The molecule has 2 aromatic rings. The maximum absolute atomic E-state index is 12.8. The average molecular weight is 490 g/mol. The molecule has 3 rings (SSSR count). The number of ether oxygens (including phenoxy) is 3. The zero-order chi connectivity index (χ0) is 25.1. The Kier molecular flexibility index (Phi) is 7.66. The van der Waals surface area contributed by atoms with Crippen LogP contribution in [-0.2, 0) is 14.3 Å². The second-order valence-corrected chi connectivity index (χ2v) is 10.7. The second kappa shape index (κ2) is 10.1. The van der Waals surface area contributed by atoms with Crippen LogP contribution < -0.4 is 4.74 Å². The molecule has 0 radical (unpaired) electrons. The SMILES string of the molecule is CC(C)(C)OC(=O)ON(C(=O)OC(C)(C)C)[C@H]1C[C@H](c2cccc(Oc3ccc(Cl)cc3)c2)C1. The molecule has 0 heterocycles. The lowest BCUT2D eigenvalue weighted by Gasteiger charge is -2.41. The molecule has 1 fully saturated rings. The molecule has 2 aromatic carbocycles. The molecule has 8 heteroatoms. The summed E-state index contributed by atoms with van der Waals surface area (Å²) in [7, 11) is 0. The fraction of sp³-hybridized carbons (Fsp3) is 0.462. The van der Waals surface area contributed by atoms with Gasteiger partial charge in [-0.1, -0.05) is 23.7 Å². The van der Waals surface area contributed by atoms with Gasteiger partial charge in [-0.2, -0.15) is 0 Å². The molecule has 1 amide bonds. The Morgan fingerprint density at radius 2 is 1.50 bits per heavy atom. The molecule has 184 valence electrons. The molecule has 0 spiro atoms.